The number of halogens is 2. The Hall–Kier alpha value is -5.34. The minimum absolute atomic E-state index is 0. The van der Waals surface area contributed by atoms with E-state index in [4.69, 9.17) is 30.4 Å². The number of hydrogen-bond acceptors (Lipinski definition) is 8. The first-order chi connectivity index (χ1) is 32.2. The van der Waals surface area contributed by atoms with E-state index in [2.05, 4.69) is 121 Å². The van der Waals surface area contributed by atoms with Crippen LogP contribution in [0.25, 0.3) is 43.6 Å². The molecule has 0 atom stereocenters. The number of nitrogens with zero attached hydrogens (tertiary/aromatic N) is 2. The van der Waals surface area contributed by atoms with Gasteiger partial charge in [-0.3, -0.25) is 0 Å². The van der Waals surface area contributed by atoms with Crippen LogP contribution in [0.4, 0.5) is 0 Å². The van der Waals surface area contributed by atoms with Gasteiger partial charge in [0.25, 0.3) is 0 Å². The van der Waals surface area contributed by atoms with Crippen molar-refractivity contribution >= 4 is 68.4 Å². The van der Waals surface area contributed by atoms with Crippen molar-refractivity contribution in [2.75, 3.05) is 80.8 Å². The van der Waals surface area contributed by atoms with Gasteiger partial charge in [0.2, 0.25) is 0 Å². The maximum absolute atomic E-state index is 5.84. The van der Waals surface area contributed by atoms with Gasteiger partial charge in [-0.15, -0.1) is 24.8 Å². The average molecular weight is 990 g/mol. The SMILES string of the molecule is C.CCCOc1cccc2[nH]cc(CCN(C)C)c12.CCCOc1cccc2[nH]cc(CCN)c12.CCOc1cccc2c(CCN(C)C)c[nH]c12.CCOc1cccc2c(CCN)c[nH]c12.Cl.Cl. The van der Waals surface area contributed by atoms with E-state index in [9.17, 15) is 0 Å². The Bertz CT molecular complexity index is 2630. The molecular weight excluding hydrogens is 908 g/mol. The van der Waals surface area contributed by atoms with Gasteiger partial charge in [-0.25, -0.2) is 0 Å². The zero-order valence-electron chi connectivity index (χ0n) is 41.6. The third-order valence-electron chi connectivity index (χ3n) is 11.0. The molecule has 0 spiro atoms. The third-order valence-corrected chi connectivity index (χ3v) is 11.0. The highest BCUT2D eigenvalue weighted by Gasteiger charge is 2.12. The smallest absolute Gasteiger partial charge is 0.143 e. The Morgan fingerprint density at radius 1 is 0.449 bits per heavy atom. The zero-order valence-corrected chi connectivity index (χ0v) is 43.3. The number of benzene rings is 4. The van der Waals surface area contributed by atoms with Crippen LogP contribution in [0.1, 0.15) is 70.2 Å². The molecule has 8 rings (SSSR count). The van der Waals surface area contributed by atoms with Crippen molar-refractivity contribution in [3.63, 3.8) is 0 Å². The summed E-state index contributed by atoms with van der Waals surface area (Å²) in [6.45, 7) is 14.6. The number of aromatic nitrogens is 4. The standard InChI is InChI=1S/C15H22N2O.C14H20N2O.C13H18N2O.C12H16N2O.CH4.2ClH/c1-4-10-18-14-7-5-6-13-15(14)12(11-16-13)8-9-17(2)3;1-4-17-13-7-5-6-12-11(8-9-16(2)3)10-15-14(12)13;1-2-8-16-12-5-3-4-11-13(12)10(6-7-14)9-15-11;1-2-15-11-5-3-4-10-9(6-7-13)8-14-12(10)11;;;/h5-7,11,16H,4,8-10H2,1-3H3;5-7,10,15H,4,8-9H2,1-3H3;3-5,9,15H,2,6-8,14H2,1H3;3-5,8,14H,2,6-7,13H2,1H3;1H4;2*1H. The topological polar surface area (TPSA) is 159 Å². The average Bonchev–Trinajstić information content (AvgIpc) is 4.14. The number of ether oxygens (including phenoxy) is 4. The molecule has 14 heteroatoms. The number of nitrogens with two attached hydrogens (primary N) is 2. The molecule has 0 saturated carbocycles. The van der Waals surface area contributed by atoms with Gasteiger partial charge in [-0.1, -0.05) is 57.7 Å². The number of rotatable bonds is 20. The highest BCUT2D eigenvalue weighted by atomic mass is 35.5. The summed E-state index contributed by atoms with van der Waals surface area (Å²) in [6.07, 6.45) is 14.2. The molecule has 69 heavy (non-hydrogen) atoms. The summed E-state index contributed by atoms with van der Waals surface area (Å²) in [7, 11) is 8.40. The summed E-state index contributed by atoms with van der Waals surface area (Å²) >= 11 is 0. The summed E-state index contributed by atoms with van der Waals surface area (Å²) in [4.78, 5) is 17.6. The minimum Gasteiger partial charge on any atom is -0.493 e. The summed E-state index contributed by atoms with van der Waals surface area (Å²) < 4.78 is 22.8. The van der Waals surface area contributed by atoms with Crippen molar-refractivity contribution in [3.8, 4) is 23.0 Å². The molecule has 0 amide bonds. The molecule has 0 fully saturated rings. The number of likely N-dealkylation sites (N-methyl/N-ethyl adjacent to an activating group) is 2. The zero-order chi connectivity index (χ0) is 47.3. The maximum atomic E-state index is 5.84. The Morgan fingerprint density at radius 3 is 1.22 bits per heavy atom. The van der Waals surface area contributed by atoms with Crippen LogP contribution < -0.4 is 30.4 Å². The molecule has 380 valence electrons. The molecule has 8 aromatic rings. The number of nitrogens with one attached hydrogen (secondary N) is 4. The van der Waals surface area contributed by atoms with Crippen LogP contribution in [0.15, 0.2) is 97.6 Å². The van der Waals surface area contributed by atoms with E-state index in [-0.39, 0.29) is 32.2 Å². The molecule has 12 nitrogen and oxygen atoms in total. The molecular formula is C55H82Cl2N8O4. The monoisotopic (exact) mass is 989 g/mol. The second-order valence-electron chi connectivity index (χ2n) is 16.7. The van der Waals surface area contributed by atoms with E-state index in [0.717, 1.165) is 110 Å². The van der Waals surface area contributed by atoms with Crippen molar-refractivity contribution in [1.82, 2.24) is 29.7 Å². The van der Waals surface area contributed by atoms with Gasteiger partial charge in [-0.2, -0.15) is 0 Å². The van der Waals surface area contributed by atoms with E-state index in [0.29, 0.717) is 26.3 Å². The molecule has 4 heterocycles. The van der Waals surface area contributed by atoms with Gasteiger partial charge in [-0.05, 0) is 152 Å². The van der Waals surface area contributed by atoms with Gasteiger partial charge in [0, 0.05) is 70.5 Å². The lowest BCUT2D eigenvalue weighted by molar-refractivity contribution is 0.321. The Kier molecular flexibility index (Phi) is 27.5. The second-order valence-corrected chi connectivity index (χ2v) is 16.7. The van der Waals surface area contributed by atoms with Crippen LogP contribution in [0.2, 0.25) is 0 Å². The quantitative estimate of drug-likeness (QED) is 0.0440. The predicted molar refractivity (Wildman–Crippen MR) is 298 cm³/mol. The molecule has 0 aliphatic carbocycles. The molecule has 4 aromatic heterocycles. The van der Waals surface area contributed by atoms with Crippen LogP contribution in [0, 0.1) is 0 Å². The van der Waals surface area contributed by atoms with Gasteiger partial charge < -0.3 is 60.2 Å². The van der Waals surface area contributed by atoms with Crippen molar-refractivity contribution < 1.29 is 18.9 Å². The number of hydrogen-bond donors (Lipinski definition) is 6. The summed E-state index contributed by atoms with van der Waals surface area (Å²) in [6, 6.07) is 24.6. The second kappa shape index (κ2) is 31.7. The van der Waals surface area contributed by atoms with Crippen LogP contribution in [-0.2, 0) is 25.7 Å². The van der Waals surface area contributed by atoms with E-state index in [1.54, 1.807) is 0 Å². The van der Waals surface area contributed by atoms with Gasteiger partial charge in [0.05, 0.1) is 37.5 Å². The number of aromatic amines is 4. The van der Waals surface area contributed by atoms with Crippen LogP contribution in [-0.4, -0.2) is 111 Å². The molecule has 4 aromatic carbocycles. The minimum atomic E-state index is 0. The molecule has 0 radical (unpaired) electrons. The van der Waals surface area contributed by atoms with E-state index in [1.165, 1.54) is 43.8 Å². The molecule has 0 bridgehead atoms. The van der Waals surface area contributed by atoms with E-state index >= 15 is 0 Å². The first-order valence-corrected chi connectivity index (χ1v) is 23.7. The van der Waals surface area contributed by atoms with Crippen LogP contribution in [0.3, 0.4) is 0 Å². The Morgan fingerprint density at radius 2 is 0.812 bits per heavy atom. The summed E-state index contributed by atoms with van der Waals surface area (Å²) in [5, 5.41) is 4.92. The molecule has 0 aliphatic rings. The predicted octanol–water partition coefficient (Wildman–Crippen LogP) is 11.7. The molecule has 0 saturated heterocycles. The fourth-order valence-corrected chi connectivity index (χ4v) is 7.83. The van der Waals surface area contributed by atoms with Gasteiger partial charge >= 0.3 is 0 Å². The van der Waals surface area contributed by atoms with Gasteiger partial charge in [0.15, 0.2) is 0 Å². The van der Waals surface area contributed by atoms with Crippen LogP contribution >= 0.6 is 24.8 Å². The number of para-hydroxylation sites is 2. The van der Waals surface area contributed by atoms with Crippen molar-refractivity contribution in [2.24, 2.45) is 11.5 Å². The van der Waals surface area contributed by atoms with Crippen molar-refractivity contribution in [1.29, 1.82) is 0 Å². The molecule has 0 unspecified atom stereocenters. The lowest BCUT2D eigenvalue weighted by Crippen LogP contribution is -2.14. The number of fused-ring (bicyclic) bond motifs is 4. The molecule has 8 N–H and O–H groups in total. The van der Waals surface area contributed by atoms with Crippen molar-refractivity contribution in [2.45, 2.75) is 73.6 Å². The van der Waals surface area contributed by atoms with E-state index in [1.807, 2.05) is 62.6 Å². The summed E-state index contributed by atoms with van der Waals surface area (Å²) in [5.74, 6) is 3.83. The highest BCUT2D eigenvalue weighted by molar-refractivity contribution is 5.91. The first-order valence-electron chi connectivity index (χ1n) is 23.7. The molecule has 0 aliphatic heterocycles. The largest absolute Gasteiger partial charge is 0.493 e. The lowest BCUT2D eigenvalue weighted by atomic mass is 10.1. The van der Waals surface area contributed by atoms with Gasteiger partial charge in [0.1, 0.15) is 23.0 Å². The third kappa shape index (κ3) is 16.9. The Balaban J connectivity index is 0.000000312. The lowest BCUT2D eigenvalue weighted by Gasteiger charge is -2.10. The highest BCUT2D eigenvalue weighted by Crippen LogP contribution is 2.31. The first kappa shape index (κ1) is 59.8. The fourth-order valence-electron chi connectivity index (χ4n) is 7.83. The fraction of sp³-hybridized carbons (Fsp3) is 0.418. The summed E-state index contributed by atoms with van der Waals surface area (Å²) in [5.41, 5.74) is 20.8. The Labute approximate surface area is 424 Å². The van der Waals surface area contributed by atoms with E-state index < -0.39 is 0 Å². The maximum Gasteiger partial charge on any atom is 0.143 e. The van der Waals surface area contributed by atoms with Crippen molar-refractivity contribution in [3.05, 3.63) is 120 Å². The normalized spacial score (nSPS) is 10.6. The van der Waals surface area contributed by atoms with Crippen LogP contribution in [0.5, 0.6) is 23.0 Å². The number of H-pyrrole nitrogens is 4.